The number of hydrogen-bond donors (Lipinski definition) is 0. The highest BCUT2D eigenvalue weighted by atomic mass is 16.6. The minimum absolute atomic E-state index is 0.204. The summed E-state index contributed by atoms with van der Waals surface area (Å²) in [5, 5.41) is 10.2. The molecule has 0 amide bonds. The van der Waals surface area contributed by atoms with E-state index in [0.717, 1.165) is 12.8 Å². The SMILES string of the molecule is CCCC(OCCOCCN=[N+]=[N-])C(COCCOCCN=[N+]=[N-])OCCOCCN=[N+]=[N-]. The van der Waals surface area contributed by atoms with E-state index in [2.05, 4.69) is 37.0 Å². The van der Waals surface area contributed by atoms with Crippen molar-refractivity contribution < 1.29 is 28.4 Å². The van der Waals surface area contributed by atoms with E-state index in [1.165, 1.54) is 0 Å². The molecule has 0 N–H and O–H groups in total. The van der Waals surface area contributed by atoms with Gasteiger partial charge in [-0.3, -0.25) is 0 Å². The Labute approximate surface area is 193 Å². The molecule has 0 aromatic heterocycles. The van der Waals surface area contributed by atoms with Crippen molar-refractivity contribution in [1.82, 2.24) is 0 Å². The summed E-state index contributed by atoms with van der Waals surface area (Å²) >= 11 is 0. The molecular formula is C18H35N9O6. The van der Waals surface area contributed by atoms with Gasteiger partial charge >= 0.3 is 0 Å². The normalized spacial score (nSPS) is 12.3. The van der Waals surface area contributed by atoms with E-state index in [4.69, 9.17) is 45.0 Å². The second-order valence-corrected chi connectivity index (χ2v) is 6.38. The molecule has 15 heteroatoms. The summed E-state index contributed by atoms with van der Waals surface area (Å²) in [6, 6.07) is 0. The van der Waals surface area contributed by atoms with Gasteiger partial charge in [0.15, 0.2) is 0 Å². The van der Waals surface area contributed by atoms with Gasteiger partial charge in [0.1, 0.15) is 6.10 Å². The molecule has 0 aliphatic heterocycles. The fourth-order valence-corrected chi connectivity index (χ4v) is 2.51. The van der Waals surface area contributed by atoms with Gasteiger partial charge in [0.2, 0.25) is 0 Å². The fourth-order valence-electron chi connectivity index (χ4n) is 2.51. The molecule has 33 heavy (non-hydrogen) atoms. The lowest BCUT2D eigenvalue weighted by molar-refractivity contribution is -0.123. The summed E-state index contributed by atoms with van der Waals surface area (Å²) in [6.07, 6.45) is 1.14. The Morgan fingerprint density at radius 3 is 1.45 bits per heavy atom. The summed E-state index contributed by atoms with van der Waals surface area (Å²) in [5.74, 6) is 0. The van der Waals surface area contributed by atoms with Crippen LogP contribution in [0.15, 0.2) is 15.3 Å². The van der Waals surface area contributed by atoms with Gasteiger partial charge in [-0.1, -0.05) is 28.7 Å². The molecule has 2 unspecified atom stereocenters. The fraction of sp³-hybridized carbons (Fsp3) is 1.00. The summed E-state index contributed by atoms with van der Waals surface area (Å²) < 4.78 is 33.7. The predicted molar refractivity (Wildman–Crippen MR) is 120 cm³/mol. The van der Waals surface area contributed by atoms with E-state index in [1.807, 2.05) is 0 Å². The van der Waals surface area contributed by atoms with E-state index in [9.17, 15) is 0 Å². The lowest BCUT2D eigenvalue weighted by Crippen LogP contribution is -2.37. The third-order valence-corrected chi connectivity index (χ3v) is 3.96. The maximum Gasteiger partial charge on any atom is 0.107 e. The Hall–Kier alpha value is -2.31. The second-order valence-electron chi connectivity index (χ2n) is 6.38. The predicted octanol–water partition coefficient (Wildman–Crippen LogP) is 3.55. The Balaban J connectivity index is 4.45. The van der Waals surface area contributed by atoms with Crippen LogP contribution in [0.25, 0.3) is 31.3 Å². The third-order valence-electron chi connectivity index (χ3n) is 3.96. The van der Waals surface area contributed by atoms with Crippen molar-refractivity contribution in [2.24, 2.45) is 15.3 Å². The first kappa shape index (κ1) is 30.7. The van der Waals surface area contributed by atoms with Gasteiger partial charge in [0.05, 0.1) is 72.2 Å². The van der Waals surface area contributed by atoms with E-state index in [0.29, 0.717) is 66.1 Å². The minimum Gasteiger partial charge on any atom is -0.379 e. The zero-order valence-corrected chi connectivity index (χ0v) is 19.2. The first-order valence-electron chi connectivity index (χ1n) is 10.9. The van der Waals surface area contributed by atoms with Gasteiger partial charge in [-0.25, -0.2) is 0 Å². The van der Waals surface area contributed by atoms with Gasteiger partial charge in [0.25, 0.3) is 0 Å². The molecule has 0 bridgehead atoms. The molecule has 188 valence electrons. The van der Waals surface area contributed by atoms with Gasteiger partial charge in [-0.05, 0) is 23.0 Å². The molecule has 0 spiro atoms. The number of azide groups is 3. The quantitative estimate of drug-likeness (QED) is 0.0838. The maximum atomic E-state index is 8.27. The monoisotopic (exact) mass is 473 g/mol. The van der Waals surface area contributed by atoms with Crippen molar-refractivity contribution in [1.29, 1.82) is 0 Å². The molecule has 0 rings (SSSR count). The third kappa shape index (κ3) is 21.3. The van der Waals surface area contributed by atoms with Crippen LogP contribution in [0.3, 0.4) is 0 Å². The van der Waals surface area contributed by atoms with Gasteiger partial charge in [-0.2, -0.15) is 0 Å². The highest BCUT2D eigenvalue weighted by Crippen LogP contribution is 2.12. The zero-order chi connectivity index (χ0) is 24.2. The molecule has 0 fully saturated rings. The van der Waals surface area contributed by atoms with Crippen LogP contribution in [0.2, 0.25) is 0 Å². The average Bonchev–Trinajstić information content (AvgIpc) is 2.82. The molecule has 0 aliphatic carbocycles. The number of hydrogen-bond acceptors (Lipinski definition) is 9. The van der Waals surface area contributed by atoms with Crippen LogP contribution in [0, 0.1) is 0 Å². The standard InChI is InChI=1S/C18H35N9O6/c1-2-3-17(32-14-12-29-8-5-23-26-20)18(33-15-13-30-9-6-24-27-21)16-31-11-10-28-7-4-22-25-19/h17-18H,2-16H2,1H3. The zero-order valence-electron chi connectivity index (χ0n) is 19.2. The van der Waals surface area contributed by atoms with Crippen molar-refractivity contribution >= 4 is 0 Å². The van der Waals surface area contributed by atoms with Crippen LogP contribution < -0.4 is 0 Å². The summed E-state index contributed by atoms with van der Waals surface area (Å²) in [4.78, 5) is 8.00. The van der Waals surface area contributed by atoms with Crippen molar-refractivity contribution in [2.45, 2.75) is 32.0 Å². The van der Waals surface area contributed by atoms with Crippen LogP contribution in [0.5, 0.6) is 0 Å². The molecule has 0 aliphatic rings. The number of ether oxygens (including phenoxy) is 6. The molecular weight excluding hydrogens is 438 g/mol. The Kier molecular flexibility index (Phi) is 24.1. The van der Waals surface area contributed by atoms with Crippen molar-refractivity contribution in [3.8, 4) is 0 Å². The Morgan fingerprint density at radius 1 is 0.576 bits per heavy atom. The topological polar surface area (TPSA) is 202 Å². The summed E-state index contributed by atoms with van der Waals surface area (Å²) in [7, 11) is 0. The molecule has 0 aromatic carbocycles. The smallest absolute Gasteiger partial charge is 0.107 e. The lowest BCUT2D eigenvalue weighted by atomic mass is 10.1. The van der Waals surface area contributed by atoms with Crippen LogP contribution in [-0.2, 0) is 28.4 Å². The Morgan fingerprint density at radius 2 is 1.00 bits per heavy atom. The molecule has 15 nitrogen and oxygen atoms in total. The number of rotatable bonds is 25. The highest BCUT2D eigenvalue weighted by molar-refractivity contribution is 4.71. The number of nitrogens with zero attached hydrogens (tertiary/aromatic N) is 9. The first-order chi connectivity index (χ1) is 16.3. The van der Waals surface area contributed by atoms with Gasteiger partial charge < -0.3 is 28.4 Å². The largest absolute Gasteiger partial charge is 0.379 e. The van der Waals surface area contributed by atoms with Gasteiger partial charge in [0, 0.05) is 34.4 Å². The van der Waals surface area contributed by atoms with E-state index >= 15 is 0 Å². The van der Waals surface area contributed by atoms with E-state index in [1.54, 1.807) is 0 Å². The van der Waals surface area contributed by atoms with Crippen LogP contribution in [0.1, 0.15) is 19.8 Å². The van der Waals surface area contributed by atoms with Crippen molar-refractivity contribution in [2.75, 3.05) is 85.7 Å². The van der Waals surface area contributed by atoms with Crippen LogP contribution in [0.4, 0.5) is 0 Å². The summed E-state index contributed by atoms with van der Waals surface area (Å²) in [5.41, 5.74) is 24.8. The van der Waals surface area contributed by atoms with E-state index in [-0.39, 0.29) is 31.8 Å². The van der Waals surface area contributed by atoms with Gasteiger partial charge in [-0.15, -0.1) is 0 Å². The minimum atomic E-state index is -0.322. The first-order valence-corrected chi connectivity index (χ1v) is 10.9. The highest BCUT2D eigenvalue weighted by Gasteiger charge is 2.23. The molecule has 0 heterocycles. The second kappa shape index (κ2) is 25.9. The van der Waals surface area contributed by atoms with E-state index < -0.39 is 0 Å². The molecule has 2 atom stereocenters. The maximum absolute atomic E-state index is 8.27. The summed E-state index contributed by atoms with van der Waals surface area (Å²) in [6.45, 7) is 6.33. The van der Waals surface area contributed by atoms with Crippen molar-refractivity contribution in [3.63, 3.8) is 0 Å². The Bertz CT molecular complexity index is 596. The average molecular weight is 474 g/mol. The van der Waals surface area contributed by atoms with Crippen molar-refractivity contribution in [3.05, 3.63) is 31.3 Å². The lowest BCUT2D eigenvalue weighted by Gasteiger charge is -2.27. The van der Waals surface area contributed by atoms with Crippen LogP contribution in [-0.4, -0.2) is 97.9 Å². The molecule has 0 aromatic rings. The molecule has 0 saturated carbocycles. The molecule has 0 radical (unpaired) electrons. The molecule has 0 saturated heterocycles. The van der Waals surface area contributed by atoms with Crippen LogP contribution >= 0.6 is 0 Å².